The number of carbonyl (C=O) groups is 3. The van der Waals surface area contributed by atoms with Crippen molar-refractivity contribution >= 4 is 17.9 Å². The molecular formula is C50H84NO7+. The maximum atomic E-state index is 12.7. The van der Waals surface area contributed by atoms with Crippen LogP contribution >= 0.6 is 0 Å². The van der Waals surface area contributed by atoms with E-state index in [4.69, 9.17) is 14.2 Å². The van der Waals surface area contributed by atoms with E-state index in [0.717, 1.165) is 96.3 Å². The molecule has 0 saturated carbocycles. The molecule has 0 aliphatic heterocycles. The van der Waals surface area contributed by atoms with Crippen LogP contribution in [-0.4, -0.2) is 80.6 Å². The van der Waals surface area contributed by atoms with Gasteiger partial charge in [0.2, 0.25) is 0 Å². The van der Waals surface area contributed by atoms with Crippen molar-refractivity contribution in [2.24, 2.45) is 0 Å². The third kappa shape index (κ3) is 38.1. The molecule has 8 heteroatoms. The quantitative estimate of drug-likeness (QED) is 0.0286. The first-order valence-corrected chi connectivity index (χ1v) is 22.6. The summed E-state index contributed by atoms with van der Waals surface area (Å²) in [6, 6.07) is -0.628. The van der Waals surface area contributed by atoms with Gasteiger partial charge in [0.15, 0.2) is 12.1 Å². The van der Waals surface area contributed by atoms with Crippen LogP contribution in [0.15, 0.2) is 85.1 Å². The largest absolute Gasteiger partial charge is 0.477 e. The van der Waals surface area contributed by atoms with E-state index < -0.39 is 18.1 Å². The van der Waals surface area contributed by atoms with Crippen LogP contribution in [0.5, 0.6) is 0 Å². The SMILES string of the molecule is CC/C=C\C/C=C\C/C=C\C/C=C\C/C=C\CCCCCC(=O)OC(COCCC(C(=O)O)[N+](C)(C)C)COC(=O)CCCCCCC/C=C\C/C=C\CCCCC. The summed E-state index contributed by atoms with van der Waals surface area (Å²) in [7, 11) is 5.50. The van der Waals surface area contributed by atoms with Gasteiger partial charge in [-0.1, -0.05) is 137 Å². The minimum absolute atomic E-state index is 0.0380. The molecule has 8 nitrogen and oxygen atoms in total. The molecule has 0 amide bonds. The Balaban J connectivity index is 4.44. The Kier molecular flexibility index (Phi) is 37.9. The number of hydrogen-bond acceptors (Lipinski definition) is 6. The highest BCUT2D eigenvalue weighted by molar-refractivity contribution is 5.72. The number of ether oxygens (including phenoxy) is 3. The normalized spacial score (nSPS) is 13.7. The Morgan fingerprint density at radius 3 is 1.45 bits per heavy atom. The number of rotatable bonds is 39. The lowest BCUT2D eigenvalue weighted by Crippen LogP contribution is -2.50. The zero-order chi connectivity index (χ0) is 42.8. The summed E-state index contributed by atoms with van der Waals surface area (Å²) >= 11 is 0. The van der Waals surface area contributed by atoms with Gasteiger partial charge in [-0.05, 0) is 89.9 Å². The lowest BCUT2D eigenvalue weighted by atomic mass is 10.1. The minimum atomic E-state index is -0.886. The molecule has 0 aromatic rings. The van der Waals surface area contributed by atoms with Gasteiger partial charge in [0.05, 0.1) is 34.4 Å². The summed E-state index contributed by atoms with van der Waals surface area (Å²) in [6.07, 6.45) is 51.9. The molecule has 0 bridgehead atoms. The highest BCUT2D eigenvalue weighted by Crippen LogP contribution is 2.12. The Morgan fingerprint density at radius 1 is 0.534 bits per heavy atom. The number of allylic oxidation sites excluding steroid dienone is 14. The second-order valence-corrected chi connectivity index (χ2v) is 15.9. The van der Waals surface area contributed by atoms with Gasteiger partial charge in [-0.25, -0.2) is 4.79 Å². The van der Waals surface area contributed by atoms with Gasteiger partial charge in [-0.15, -0.1) is 0 Å². The van der Waals surface area contributed by atoms with E-state index in [1.807, 2.05) is 21.1 Å². The van der Waals surface area contributed by atoms with Crippen molar-refractivity contribution in [3.63, 3.8) is 0 Å². The molecule has 1 N–H and O–H groups in total. The molecule has 0 saturated heterocycles. The standard InChI is InChI=1S/C50H83NO7/c1-6-8-10-12-14-16-18-20-22-23-24-25-27-29-31-33-35-37-39-41-49(53)58-46(44-56-43-42-47(50(54)55)51(3,4)5)45-57-48(52)40-38-36-34-32-30-28-26-21-19-17-15-13-11-9-7-2/h8,10,14-17,20-22,24-26,29,31,46-47H,6-7,9,11-13,18-19,23,27-28,30,32-45H2,1-5H3/p+1/b10-8-,16-14-,17-15-,22-20-,25-24-,26-21-,31-29-. The van der Waals surface area contributed by atoms with E-state index in [2.05, 4.69) is 98.9 Å². The van der Waals surface area contributed by atoms with Gasteiger partial charge in [0.25, 0.3) is 0 Å². The fourth-order valence-corrected chi connectivity index (χ4v) is 6.03. The molecule has 0 rings (SSSR count). The number of nitrogens with zero attached hydrogens (tertiary/aromatic N) is 1. The molecule has 0 fully saturated rings. The molecule has 0 radical (unpaired) electrons. The predicted octanol–water partition coefficient (Wildman–Crippen LogP) is 12.5. The first-order valence-electron chi connectivity index (χ1n) is 22.6. The van der Waals surface area contributed by atoms with E-state index in [9.17, 15) is 19.5 Å². The van der Waals surface area contributed by atoms with Gasteiger partial charge in [0.1, 0.15) is 6.61 Å². The summed E-state index contributed by atoms with van der Waals surface area (Å²) in [5, 5.41) is 9.62. The summed E-state index contributed by atoms with van der Waals surface area (Å²) in [5.41, 5.74) is 0. The van der Waals surface area contributed by atoms with Crippen molar-refractivity contribution in [2.45, 2.75) is 174 Å². The number of likely N-dealkylation sites (N-methyl/N-ethyl adjacent to an activating group) is 1. The number of carbonyl (C=O) groups excluding carboxylic acids is 2. The van der Waals surface area contributed by atoms with Crippen molar-refractivity contribution in [3.8, 4) is 0 Å². The molecule has 2 atom stereocenters. The van der Waals surface area contributed by atoms with E-state index in [-0.39, 0.29) is 42.7 Å². The van der Waals surface area contributed by atoms with Crippen LogP contribution in [0.4, 0.5) is 0 Å². The van der Waals surface area contributed by atoms with E-state index >= 15 is 0 Å². The third-order valence-corrected chi connectivity index (χ3v) is 9.53. The smallest absolute Gasteiger partial charge is 0.362 e. The molecular weight excluding hydrogens is 727 g/mol. The second kappa shape index (κ2) is 40.3. The van der Waals surface area contributed by atoms with Gasteiger partial charge >= 0.3 is 17.9 Å². The maximum Gasteiger partial charge on any atom is 0.362 e. The van der Waals surface area contributed by atoms with E-state index in [1.165, 1.54) is 25.7 Å². The van der Waals surface area contributed by atoms with Gasteiger partial charge in [0, 0.05) is 19.3 Å². The topological polar surface area (TPSA) is 99.1 Å². The number of esters is 2. The average Bonchev–Trinajstić information content (AvgIpc) is 3.18. The first-order chi connectivity index (χ1) is 28.1. The highest BCUT2D eigenvalue weighted by atomic mass is 16.6. The van der Waals surface area contributed by atoms with Gasteiger partial charge < -0.3 is 23.8 Å². The first kappa shape index (κ1) is 54.5. The summed E-state index contributed by atoms with van der Waals surface area (Å²) < 4.78 is 17.2. The van der Waals surface area contributed by atoms with Gasteiger partial charge in [-0.3, -0.25) is 9.59 Å². The average molecular weight is 811 g/mol. The van der Waals surface area contributed by atoms with Crippen molar-refractivity contribution in [1.29, 1.82) is 0 Å². The molecule has 2 unspecified atom stereocenters. The maximum absolute atomic E-state index is 12.7. The Morgan fingerprint density at radius 2 is 0.966 bits per heavy atom. The minimum Gasteiger partial charge on any atom is -0.477 e. The van der Waals surface area contributed by atoms with Crippen LogP contribution in [0.3, 0.4) is 0 Å². The number of unbranched alkanes of at least 4 members (excludes halogenated alkanes) is 11. The Hall–Kier alpha value is -3.49. The Bertz CT molecular complexity index is 1220. The van der Waals surface area contributed by atoms with Crippen LogP contribution < -0.4 is 0 Å². The second-order valence-electron chi connectivity index (χ2n) is 15.9. The summed E-state index contributed by atoms with van der Waals surface area (Å²) in [4.78, 5) is 37.0. The summed E-state index contributed by atoms with van der Waals surface area (Å²) in [5.74, 6) is -1.54. The molecule has 58 heavy (non-hydrogen) atoms. The van der Waals surface area contributed by atoms with Crippen LogP contribution in [0, 0.1) is 0 Å². The zero-order valence-electron chi connectivity index (χ0n) is 37.5. The highest BCUT2D eigenvalue weighted by Gasteiger charge is 2.31. The van der Waals surface area contributed by atoms with E-state index in [1.54, 1.807) is 0 Å². The molecule has 330 valence electrons. The van der Waals surface area contributed by atoms with Crippen LogP contribution in [-0.2, 0) is 28.6 Å². The summed E-state index contributed by atoms with van der Waals surface area (Å²) in [6.45, 7) is 4.53. The lowest BCUT2D eigenvalue weighted by Gasteiger charge is -2.31. The van der Waals surface area contributed by atoms with Crippen LogP contribution in [0.25, 0.3) is 0 Å². The van der Waals surface area contributed by atoms with Crippen LogP contribution in [0.2, 0.25) is 0 Å². The molecule has 0 aromatic heterocycles. The molecule has 0 spiro atoms. The van der Waals surface area contributed by atoms with Crippen molar-refractivity contribution < 1.29 is 38.2 Å². The van der Waals surface area contributed by atoms with Crippen molar-refractivity contribution in [1.82, 2.24) is 0 Å². The Labute approximate surface area is 354 Å². The van der Waals surface area contributed by atoms with E-state index in [0.29, 0.717) is 19.3 Å². The molecule has 0 heterocycles. The molecule has 0 aliphatic rings. The zero-order valence-corrected chi connectivity index (χ0v) is 37.5. The number of carboxylic acids is 1. The number of quaternary nitrogens is 1. The van der Waals surface area contributed by atoms with Crippen LogP contribution in [0.1, 0.15) is 162 Å². The monoisotopic (exact) mass is 811 g/mol. The number of aliphatic carboxylic acids is 1. The number of hydrogen-bond donors (Lipinski definition) is 1. The van der Waals surface area contributed by atoms with Crippen molar-refractivity contribution in [2.75, 3.05) is 41.0 Å². The predicted molar refractivity (Wildman–Crippen MR) is 243 cm³/mol. The molecule has 0 aromatic carbocycles. The third-order valence-electron chi connectivity index (χ3n) is 9.53. The fourth-order valence-electron chi connectivity index (χ4n) is 6.03. The number of carboxylic acid groups (broad SMARTS) is 1. The molecule has 0 aliphatic carbocycles. The fraction of sp³-hybridized carbons (Fsp3) is 0.660. The van der Waals surface area contributed by atoms with Crippen molar-refractivity contribution in [3.05, 3.63) is 85.1 Å². The van der Waals surface area contributed by atoms with Gasteiger partial charge in [-0.2, -0.15) is 0 Å². The lowest BCUT2D eigenvalue weighted by molar-refractivity contribution is -0.887.